The lowest BCUT2D eigenvalue weighted by atomic mass is 9.95. The summed E-state index contributed by atoms with van der Waals surface area (Å²) in [4.78, 5) is 52.4. The van der Waals surface area contributed by atoms with Crippen molar-refractivity contribution in [2.75, 3.05) is 0 Å². The Morgan fingerprint density at radius 2 is 1.32 bits per heavy atom. The zero-order valence-corrected chi connectivity index (χ0v) is 21.8. The van der Waals surface area contributed by atoms with Crippen LogP contribution in [-0.4, -0.2) is 33.0 Å². The first-order valence-electron chi connectivity index (χ1n) is 13.9. The predicted molar refractivity (Wildman–Crippen MR) is 148 cm³/mol. The first kappa shape index (κ1) is 25.9. The SMILES string of the molecule is O=C(Cc1ccc(-n2c(=O)c3ccccc3n(CC(=O)NC3CCCCC3)c2=O)cc1)NC1CCCCC1. The van der Waals surface area contributed by atoms with Gasteiger partial charge in [0.15, 0.2) is 0 Å². The average Bonchev–Trinajstić information content (AvgIpc) is 2.93. The summed E-state index contributed by atoms with van der Waals surface area (Å²) >= 11 is 0. The van der Waals surface area contributed by atoms with E-state index in [9.17, 15) is 19.2 Å². The van der Waals surface area contributed by atoms with Crippen molar-refractivity contribution in [2.45, 2.75) is 89.3 Å². The number of hydrogen-bond acceptors (Lipinski definition) is 4. The van der Waals surface area contributed by atoms with E-state index in [1.165, 1.54) is 17.4 Å². The summed E-state index contributed by atoms with van der Waals surface area (Å²) in [7, 11) is 0. The van der Waals surface area contributed by atoms with E-state index in [0.717, 1.165) is 61.5 Å². The maximum absolute atomic E-state index is 13.6. The highest BCUT2D eigenvalue weighted by atomic mass is 16.2. The van der Waals surface area contributed by atoms with E-state index in [4.69, 9.17) is 0 Å². The fourth-order valence-electron chi connectivity index (χ4n) is 5.84. The Balaban J connectivity index is 1.39. The van der Waals surface area contributed by atoms with Gasteiger partial charge in [-0.15, -0.1) is 0 Å². The van der Waals surface area contributed by atoms with Crippen LogP contribution in [0.1, 0.15) is 69.8 Å². The van der Waals surface area contributed by atoms with Gasteiger partial charge in [0.1, 0.15) is 6.54 Å². The van der Waals surface area contributed by atoms with Crippen LogP contribution in [0.3, 0.4) is 0 Å². The molecule has 8 nitrogen and oxygen atoms in total. The lowest BCUT2D eigenvalue weighted by Crippen LogP contribution is -2.44. The molecule has 2 amide bonds. The van der Waals surface area contributed by atoms with E-state index in [1.54, 1.807) is 48.5 Å². The molecule has 1 aromatic heterocycles. The van der Waals surface area contributed by atoms with Crippen LogP contribution >= 0.6 is 0 Å². The van der Waals surface area contributed by atoms with Gasteiger partial charge in [0, 0.05) is 12.1 Å². The van der Waals surface area contributed by atoms with Crippen LogP contribution in [0.4, 0.5) is 0 Å². The van der Waals surface area contributed by atoms with E-state index in [0.29, 0.717) is 16.6 Å². The molecule has 2 aromatic carbocycles. The maximum atomic E-state index is 13.6. The molecule has 2 N–H and O–H groups in total. The van der Waals surface area contributed by atoms with Crippen LogP contribution in [0, 0.1) is 0 Å². The maximum Gasteiger partial charge on any atom is 0.336 e. The van der Waals surface area contributed by atoms with Gasteiger partial charge in [0.2, 0.25) is 11.8 Å². The molecule has 200 valence electrons. The largest absolute Gasteiger partial charge is 0.353 e. The Morgan fingerprint density at radius 1 is 0.737 bits per heavy atom. The van der Waals surface area contributed by atoms with Crippen LogP contribution < -0.4 is 21.9 Å². The molecule has 0 spiro atoms. The highest BCUT2D eigenvalue weighted by Crippen LogP contribution is 2.19. The molecule has 2 aliphatic rings. The third-order valence-corrected chi connectivity index (χ3v) is 7.85. The molecule has 2 aliphatic carbocycles. The number of nitrogens with one attached hydrogen (secondary N) is 2. The number of fused-ring (bicyclic) bond motifs is 1. The van der Waals surface area contributed by atoms with Crippen LogP contribution in [0.15, 0.2) is 58.1 Å². The van der Waals surface area contributed by atoms with Gasteiger partial charge in [0.05, 0.1) is 23.0 Å². The minimum atomic E-state index is -0.560. The third-order valence-electron chi connectivity index (χ3n) is 7.85. The standard InChI is InChI=1S/C30H36N4O4/c35-27(31-22-9-3-1-4-10-22)19-21-15-17-24(18-16-21)34-29(37)25-13-7-8-14-26(25)33(30(34)38)20-28(36)32-23-11-5-2-6-12-23/h7-8,13-18,22-23H,1-6,9-12,19-20H2,(H,31,35)(H,32,36). The van der Waals surface area contributed by atoms with Crippen molar-refractivity contribution in [3.63, 3.8) is 0 Å². The molecule has 1 heterocycles. The monoisotopic (exact) mass is 516 g/mol. The summed E-state index contributed by atoms with van der Waals surface area (Å²) in [5.41, 5.74) is 0.660. The summed E-state index contributed by atoms with van der Waals surface area (Å²) in [6.07, 6.45) is 11.1. The molecule has 0 bridgehead atoms. The van der Waals surface area contributed by atoms with Gasteiger partial charge in [-0.1, -0.05) is 62.8 Å². The van der Waals surface area contributed by atoms with E-state index in [-0.39, 0.29) is 36.9 Å². The third kappa shape index (κ3) is 5.90. The van der Waals surface area contributed by atoms with Crippen LogP contribution in [0.2, 0.25) is 0 Å². The van der Waals surface area contributed by atoms with Crippen molar-refractivity contribution in [2.24, 2.45) is 0 Å². The fraction of sp³-hybridized carbons (Fsp3) is 0.467. The molecule has 0 unspecified atom stereocenters. The second-order valence-corrected chi connectivity index (χ2v) is 10.7. The Labute approximate surface area is 222 Å². The second-order valence-electron chi connectivity index (χ2n) is 10.7. The van der Waals surface area contributed by atoms with Crippen molar-refractivity contribution >= 4 is 22.7 Å². The van der Waals surface area contributed by atoms with Gasteiger partial charge >= 0.3 is 5.69 Å². The lowest BCUT2D eigenvalue weighted by Gasteiger charge is -2.23. The molecule has 38 heavy (non-hydrogen) atoms. The number of benzene rings is 2. The van der Waals surface area contributed by atoms with Crippen LogP contribution in [0.5, 0.6) is 0 Å². The summed E-state index contributed by atoms with van der Waals surface area (Å²) in [6.45, 7) is -0.157. The molecule has 0 saturated heterocycles. The quantitative estimate of drug-likeness (QED) is 0.501. The number of hydrogen-bond donors (Lipinski definition) is 2. The highest BCUT2D eigenvalue weighted by Gasteiger charge is 2.20. The molecule has 8 heteroatoms. The fourth-order valence-corrected chi connectivity index (χ4v) is 5.84. The smallest absolute Gasteiger partial charge is 0.336 e. The summed E-state index contributed by atoms with van der Waals surface area (Å²) in [5, 5.41) is 6.55. The minimum absolute atomic E-state index is 0.0149. The number of amides is 2. The van der Waals surface area contributed by atoms with Gasteiger partial charge in [-0.05, 0) is 55.5 Å². The molecular weight excluding hydrogens is 480 g/mol. The van der Waals surface area contributed by atoms with Crippen molar-refractivity contribution in [1.82, 2.24) is 19.8 Å². The van der Waals surface area contributed by atoms with E-state index in [1.807, 2.05) is 0 Å². The van der Waals surface area contributed by atoms with Crippen LogP contribution in [0.25, 0.3) is 16.6 Å². The van der Waals surface area contributed by atoms with Gasteiger partial charge < -0.3 is 10.6 Å². The summed E-state index contributed by atoms with van der Waals surface area (Å²) in [6, 6.07) is 14.2. The zero-order chi connectivity index (χ0) is 26.5. The Hall–Kier alpha value is -3.68. The van der Waals surface area contributed by atoms with Crippen molar-refractivity contribution in [3.8, 4) is 5.69 Å². The van der Waals surface area contributed by atoms with Crippen LogP contribution in [-0.2, 0) is 22.6 Å². The number of rotatable bonds is 7. The summed E-state index contributed by atoms with van der Waals surface area (Å²) in [5.74, 6) is -0.243. The predicted octanol–water partition coefficient (Wildman–Crippen LogP) is 3.59. The average molecular weight is 517 g/mol. The number of carbonyl (C=O) groups is 2. The lowest BCUT2D eigenvalue weighted by molar-refractivity contribution is -0.123. The minimum Gasteiger partial charge on any atom is -0.353 e. The molecule has 0 aliphatic heterocycles. The van der Waals surface area contributed by atoms with Crippen molar-refractivity contribution < 1.29 is 9.59 Å². The number of aromatic nitrogens is 2. The zero-order valence-electron chi connectivity index (χ0n) is 21.8. The van der Waals surface area contributed by atoms with Gasteiger partial charge in [0.25, 0.3) is 5.56 Å². The molecule has 5 rings (SSSR count). The van der Waals surface area contributed by atoms with E-state index < -0.39 is 11.2 Å². The Kier molecular flexibility index (Phi) is 8.05. The summed E-state index contributed by atoms with van der Waals surface area (Å²) < 4.78 is 2.49. The molecule has 2 saturated carbocycles. The Bertz CT molecular complexity index is 1410. The van der Waals surface area contributed by atoms with Crippen molar-refractivity contribution in [1.29, 1.82) is 0 Å². The highest BCUT2D eigenvalue weighted by molar-refractivity contribution is 5.82. The Morgan fingerprint density at radius 3 is 1.95 bits per heavy atom. The normalized spacial score (nSPS) is 16.8. The van der Waals surface area contributed by atoms with Gasteiger partial charge in [-0.3, -0.25) is 19.0 Å². The van der Waals surface area contributed by atoms with Gasteiger partial charge in [-0.25, -0.2) is 9.36 Å². The number of nitrogens with zero attached hydrogens (tertiary/aromatic N) is 2. The second kappa shape index (κ2) is 11.8. The molecule has 0 radical (unpaired) electrons. The van der Waals surface area contributed by atoms with Gasteiger partial charge in [-0.2, -0.15) is 0 Å². The van der Waals surface area contributed by atoms with E-state index in [2.05, 4.69) is 10.6 Å². The van der Waals surface area contributed by atoms with E-state index >= 15 is 0 Å². The first-order chi connectivity index (χ1) is 18.5. The van der Waals surface area contributed by atoms with Crippen molar-refractivity contribution in [3.05, 3.63) is 74.9 Å². The molecule has 0 atom stereocenters. The molecule has 2 fully saturated rings. The first-order valence-corrected chi connectivity index (χ1v) is 13.9. The number of para-hydroxylation sites is 1. The number of carbonyl (C=O) groups excluding carboxylic acids is 2. The topological polar surface area (TPSA) is 102 Å². The molecule has 3 aromatic rings. The molecular formula is C30H36N4O4.